The minimum absolute atomic E-state index is 0.0460. The molecule has 4 aromatic rings. The van der Waals surface area contributed by atoms with Gasteiger partial charge in [-0.2, -0.15) is 0 Å². The number of hydrogen-bond acceptors (Lipinski definition) is 3. The lowest BCUT2D eigenvalue weighted by Crippen LogP contribution is -2.08. The van der Waals surface area contributed by atoms with Crippen molar-refractivity contribution in [2.45, 2.75) is 40.4 Å². The van der Waals surface area contributed by atoms with E-state index in [4.69, 9.17) is 0 Å². The van der Waals surface area contributed by atoms with Crippen LogP contribution in [0.4, 0.5) is 8.78 Å². The van der Waals surface area contributed by atoms with Gasteiger partial charge in [0, 0.05) is 11.1 Å². The molecule has 0 fully saturated rings. The zero-order chi connectivity index (χ0) is 24.9. The van der Waals surface area contributed by atoms with Crippen LogP contribution in [0.3, 0.4) is 0 Å². The first-order valence-electron chi connectivity index (χ1n) is 10.4. The zero-order valence-corrected chi connectivity index (χ0v) is 20.6. The number of hydrogen-bond donors (Lipinski definition) is 0. The van der Waals surface area contributed by atoms with Gasteiger partial charge in [-0.15, -0.1) is 0 Å². The van der Waals surface area contributed by atoms with Crippen LogP contribution in [-0.4, -0.2) is 13.0 Å². The standard InChI is InChI=1S/C21H21S.C6H4F2O3S/c1-16-14-17(2)21(18(3)15-16)22(19-10-6-4-7-11-19)20-12-8-5-9-13-20;7-4-2-1-3-5(8)6(4)12(9,10)11/h4-15H,1-3H3;1-3H,(H,9,10,11)/q+1;/p-1. The van der Waals surface area contributed by atoms with Gasteiger partial charge in [-0.25, -0.2) is 17.2 Å². The molecule has 0 bridgehead atoms. The summed E-state index contributed by atoms with van der Waals surface area (Å²) >= 11 is 0. The second-order valence-corrected chi connectivity index (χ2v) is 10.9. The molecule has 0 aliphatic heterocycles. The Morgan fingerprint density at radius 2 is 1.09 bits per heavy atom. The van der Waals surface area contributed by atoms with Crippen LogP contribution in [0.1, 0.15) is 16.7 Å². The third-order valence-electron chi connectivity index (χ3n) is 4.94. The smallest absolute Gasteiger partial charge is 0.172 e. The molecular weight excluding hydrogens is 474 g/mol. The molecule has 0 atom stereocenters. The Morgan fingerprint density at radius 3 is 1.44 bits per heavy atom. The summed E-state index contributed by atoms with van der Waals surface area (Å²) in [6.45, 7) is 6.65. The predicted octanol–water partition coefficient (Wildman–Crippen LogP) is 6.58. The molecule has 0 aliphatic rings. The molecule has 4 rings (SSSR count). The highest BCUT2D eigenvalue weighted by Crippen LogP contribution is 2.35. The Kier molecular flexibility index (Phi) is 8.25. The fourth-order valence-corrected chi connectivity index (χ4v) is 6.67. The molecule has 0 N–H and O–H groups in total. The Labute approximate surface area is 202 Å². The van der Waals surface area contributed by atoms with E-state index in [9.17, 15) is 21.8 Å². The molecule has 34 heavy (non-hydrogen) atoms. The summed E-state index contributed by atoms with van der Waals surface area (Å²) in [6.07, 6.45) is 0. The highest BCUT2D eigenvalue weighted by molar-refractivity contribution is 7.97. The van der Waals surface area contributed by atoms with Crippen molar-refractivity contribution in [3.63, 3.8) is 0 Å². The molecule has 0 amide bonds. The van der Waals surface area contributed by atoms with Crippen molar-refractivity contribution in [2.24, 2.45) is 0 Å². The summed E-state index contributed by atoms with van der Waals surface area (Å²) in [5, 5.41) is 0. The molecule has 0 spiro atoms. The molecule has 7 heteroatoms. The Morgan fingerprint density at radius 1 is 0.676 bits per heavy atom. The zero-order valence-electron chi connectivity index (χ0n) is 19.0. The van der Waals surface area contributed by atoms with Crippen LogP contribution in [0.25, 0.3) is 0 Å². The SMILES string of the molecule is Cc1cc(C)c([S+](c2ccccc2)c2ccccc2)c(C)c1.O=S(=O)([O-])c1c(F)cccc1F. The molecule has 3 nitrogen and oxygen atoms in total. The van der Waals surface area contributed by atoms with Crippen LogP contribution in [-0.2, 0) is 21.0 Å². The van der Waals surface area contributed by atoms with Crippen molar-refractivity contribution in [3.8, 4) is 0 Å². The Bertz CT molecular complexity index is 1290. The van der Waals surface area contributed by atoms with Gasteiger partial charge >= 0.3 is 0 Å². The van der Waals surface area contributed by atoms with Gasteiger partial charge in [0.05, 0.1) is 10.9 Å². The first kappa shape index (κ1) is 25.6. The minimum Gasteiger partial charge on any atom is -0.744 e. The molecule has 0 radical (unpaired) electrons. The second-order valence-electron chi connectivity index (χ2n) is 7.67. The molecule has 176 valence electrons. The quantitative estimate of drug-likeness (QED) is 0.236. The van der Waals surface area contributed by atoms with Crippen molar-refractivity contribution >= 4 is 21.0 Å². The first-order valence-corrected chi connectivity index (χ1v) is 13.0. The summed E-state index contributed by atoms with van der Waals surface area (Å²) in [7, 11) is -5.11. The van der Waals surface area contributed by atoms with E-state index in [0.717, 1.165) is 6.07 Å². The van der Waals surface area contributed by atoms with Crippen LogP contribution >= 0.6 is 0 Å². The Hall–Kier alpha value is -3.00. The summed E-state index contributed by atoms with van der Waals surface area (Å²) in [5.41, 5.74) is 4.10. The van der Waals surface area contributed by atoms with Gasteiger partial charge in [-0.3, -0.25) is 0 Å². The topological polar surface area (TPSA) is 57.2 Å². The Balaban J connectivity index is 0.000000229. The molecule has 0 unspecified atom stereocenters. The molecule has 0 heterocycles. The number of rotatable bonds is 4. The monoisotopic (exact) mass is 498 g/mol. The molecule has 0 aromatic heterocycles. The minimum atomic E-state index is -5.06. The van der Waals surface area contributed by atoms with Crippen molar-refractivity contribution < 1.29 is 21.8 Å². The fraction of sp³-hybridized carbons (Fsp3) is 0.111. The lowest BCUT2D eigenvalue weighted by atomic mass is 10.1. The lowest BCUT2D eigenvalue weighted by molar-refractivity contribution is 0.441. The van der Waals surface area contributed by atoms with Gasteiger partial charge in [0.15, 0.2) is 14.7 Å². The maximum absolute atomic E-state index is 12.5. The van der Waals surface area contributed by atoms with Crippen LogP contribution < -0.4 is 0 Å². The van der Waals surface area contributed by atoms with Crippen LogP contribution in [0, 0.1) is 32.4 Å². The molecule has 4 aromatic carbocycles. The van der Waals surface area contributed by atoms with E-state index < -0.39 is 26.6 Å². The fourth-order valence-electron chi connectivity index (χ4n) is 3.70. The van der Waals surface area contributed by atoms with Crippen LogP contribution in [0.2, 0.25) is 0 Å². The van der Waals surface area contributed by atoms with E-state index in [-0.39, 0.29) is 10.9 Å². The van der Waals surface area contributed by atoms with E-state index in [1.807, 2.05) is 0 Å². The number of halogens is 2. The maximum atomic E-state index is 12.5. The van der Waals surface area contributed by atoms with Crippen LogP contribution in [0.15, 0.2) is 111 Å². The second kappa shape index (κ2) is 11.0. The average Bonchev–Trinajstić information content (AvgIpc) is 2.77. The molecule has 0 saturated carbocycles. The first-order chi connectivity index (χ1) is 16.1. The number of benzene rings is 4. The summed E-state index contributed by atoms with van der Waals surface area (Å²) in [6, 6.07) is 28.7. The molecular formula is C27H24F2O3S2. The van der Waals surface area contributed by atoms with Gasteiger partial charge in [0.25, 0.3) is 0 Å². The van der Waals surface area contributed by atoms with Crippen molar-refractivity contribution in [2.75, 3.05) is 0 Å². The third-order valence-corrected chi connectivity index (χ3v) is 8.36. The normalized spacial score (nSPS) is 11.1. The van der Waals surface area contributed by atoms with Gasteiger partial charge in [0.2, 0.25) is 0 Å². The molecule has 0 aliphatic carbocycles. The van der Waals surface area contributed by atoms with Gasteiger partial charge in [0.1, 0.15) is 26.6 Å². The van der Waals surface area contributed by atoms with E-state index in [0.29, 0.717) is 12.1 Å². The highest BCUT2D eigenvalue weighted by atomic mass is 32.2. The van der Waals surface area contributed by atoms with E-state index >= 15 is 0 Å². The van der Waals surface area contributed by atoms with Gasteiger partial charge in [-0.05, 0) is 57.2 Å². The van der Waals surface area contributed by atoms with Gasteiger partial charge < -0.3 is 4.55 Å². The maximum Gasteiger partial charge on any atom is 0.172 e. The summed E-state index contributed by atoms with van der Waals surface area (Å²) < 4.78 is 55.8. The average molecular weight is 499 g/mol. The number of aryl methyl sites for hydroxylation is 3. The lowest BCUT2D eigenvalue weighted by Gasteiger charge is -2.13. The summed E-state index contributed by atoms with van der Waals surface area (Å²) in [4.78, 5) is 2.79. The van der Waals surface area contributed by atoms with E-state index in [1.165, 1.54) is 31.4 Å². The largest absolute Gasteiger partial charge is 0.744 e. The predicted molar refractivity (Wildman–Crippen MR) is 130 cm³/mol. The van der Waals surface area contributed by atoms with E-state index in [2.05, 4.69) is 93.6 Å². The van der Waals surface area contributed by atoms with E-state index in [1.54, 1.807) is 0 Å². The van der Waals surface area contributed by atoms with Crippen molar-refractivity contribution in [1.29, 1.82) is 0 Å². The van der Waals surface area contributed by atoms with Gasteiger partial charge in [-0.1, -0.05) is 60.2 Å². The van der Waals surface area contributed by atoms with Crippen molar-refractivity contribution in [3.05, 3.63) is 119 Å². The van der Waals surface area contributed by atoms with Crippen molar-refractivity contribution in [1.82, 2.24) is 0 Å². The van der Waals surface area contributed by atoms with Crippen LogP contribution in [0.5, 0.6) is 0 Å². The third kappa shape index (κ3) is 6.11. The molecule has 0 saturated heterocycles. The summed E-state index contributed by atoms with van der Waals surface area (Å²) in [5.74, 6) is -2.74. The highest BCUT2D eigenvalue weighted by Gasteiger charge is 2.31.